The molecule has 6 rings (SSSR count). The molecule has 0 amide bonds. The van der Waals surface area contributed by atoms with Gasteiger partial charge in [-0.25, -0.2) is 0 Å². The highest BCUT2D eigenvalue weighted by Crippen LogP contribution is 2.49. The Morgan fingerprint density at radius 3 is 0.792 bits per heavy atom. The third kappa shape index (κ3) is 5.70. The third-order valence-corrected chi connectivity index (χ3v) is 10.5. The summed E-state index contributed by atoms with van der Waals surface area (Å²) in [6, 6.07) is 39.3. The van der Waals surface area contributed by atoms with Crippen LogP contribution in [0.25, 0.3) is 11.1 Å². The molecule has 2 nitrogen and oxygen atoms in total. The van der Waals surface area contributed by atoms with Crippen molar-refractivity contribution in [2.75, 3.05) is 9.80 Å². The van der Waals surface area contributed by atoms with Crippen LogP contribution >= 0.6 is 0 Å². The van der Waals surface area contributed by atoms with E-state index in [-0.39, 0.29) is 0 Å². The predicted octanol–water partition coefficient (Wildman–Crippen LogP) is 13.4. The minimum absolute atomic E-state index is 1.17. The van der Waals surface area contributed by atoms with Crippen LogP contribution in [0.15, 0.2) is 109 Å². The fourth-order valence-electron chi connectivity index (χ4n) is 7.36. The molecule has 0 radical (unpaired) electrons. The summed E-state index contributed by atoms with van der Waals surface area (Å²) < 4.78 is 0. The van der Waals surface area contributed by atoms with Gasteiger partial charge in [0.05, 0.1) is 11.4 Å². The average molecular weight is 629 g/mol. The minimum Gasteiger partial charge on any atom is -0.310 e. The van der Waals surface area contributed by atoms with E-state index in [0.29, 0.717) is 0 Å². The first-order valence-electron chi connectivity index (χ1n) is 17.1. The van der Waals surface area contributed by atoms with E-state index in [1.807, 2.05) is 0 Å². The standard InChI is InChI=1S/C46H48N2/c1-29-21-25-41(26-22-29)47(39-17-13-11-14-18-39)45-35(7)31(3)43(32(4)36(45)8)44-33(5)37(9)46(38(10)34(44)6)48(40-19-15-12-16-20-40)42-27-23-30(2)24-28-42/h11-28H,1-10H3. The first-order chi connectivity index (χ1) is 23.0. The Balaban J connectivity index is 1.59. The van der Waals surface area contributed by atoms with E-state index in [1.165, 1.54) is 101 Å². The van der Waals surface area contributed by atoms with Crippen molar-refractivity contribution < 1.29 is 0 Å². The van der Waals surface area contributed by atoms with E-state index in [9.17, 15) is 0 Å². The monoisotopic (exact) mass is 628 g/mol. The van der Waals surface area contributed by atoms with Crippen molar-refractivity contribution >= 4 is 34.1 Å². The number of rotatable bonds is 7. The van der Waals surface area contributed by atoms with Gasteiger partial charge in [-0.15, -0.1) is 0 Å². The van der Waals surface area contributed by atoms with Crippen molar-refractivity contribution in [3.05, 3.63) is 165 Å². The maximum absolute atomic E-state index is 2.44. The number of anilines is 6. The molecule has 0 fully saturated rings. The summed E-state index contributed by atoms with van der Waals surface area (Å²) >= 11 is 0. The molecular formula is C46H48N2. The van der Waals surface area contributed by atoms with Crippen molar-refractivity contribution in [2.24, 2.45) is 0 Å². The SMILES string of the molecule is Cc1ccc(N(c2ccccc2)c2c(C)c(C)c(-c3c(C)c(C)c(N(c4ccccc4)c4ccc(C)cc4)c(C)c3C)c(C)c2C)cc1. The molecule has 0 N–H and O–H groups in total. The maximum Gasteiger partial charge on any atom is 0.0525 e. The zero-order valence-electron chi connectivity index (χ0n) is 30.3. The fraction of sp³-hybridized carbons (Fsp3) is 0.217. The van der Waals surface area contributed by atoms with Crippen molar-refractivity contribution in [1.29, 1.82) is 0 Å². The molecule has 0 bridgehead atoms. The summed E-state index contributed by atoms with van der Waals surface area (Å²) in [4.78, 5) is 4.87. The lowest BCUT2D eigenvalue weighted by atomic mass is 9.81. The number of para-hydroxylation sites is 2. The molecular weight excluding hydrogens is 581 g/mol. The Morgan fingerprint density at radius 2 is 0.521 bits per heavy atom. The van der Waals surface area contributed by atoms with Gasteiger partial charge in [-0.1, -0.05) is 71.8 Å². The average Bonchev–Trinajstić information content (AvgIpc) is 3.10. The zero-order valence-corrected chi connectivity index (χ0v) is 30.3. The van der Waals surface area contributed by atoms with Crippen LogP contribution in [0.3, 0.4) is 0 Å². The van der Waals surface area contributed by atoms with Gasteiger partial charge in [-0.3, -0.25) is 0 Å². The van der Waals surface area contributed by atoms with Crippen molar-refractivity contribution in [2.45, 2.75) is 69.2 Å². The molecule has 0 saturated heterocycles. The van der Waals surface area contributed by atoms with Gasteiger partial charge in [0.15, 0.2) is 0 Å². The Labute approximate surface area is 288 Å². The Kier molecular flexibility index (Phi) is 9.03. The minimum atomic E-state index is 1.17. The second-order valence-electron chi connectivity index (χ2n) is 13.5. The smallest absolute Gasteiger partial charge is 0.0525 e. The van der Waals surface area contributed by atoms with E-state index < -0.39 is 0 Å². The molecule has 0 aromatic heterocycles. The largest absolute Gasteiger partial charge is 0.310 e. The third-order valence-electron chi connectivity index (χ3n) is 10.5. The lowest BCUT2D eigenvalue weighted by molar-refractivity contribution is 1.14. The fourth-order valence-corrected chi connectivity index (χ4v) is 7.36. The lowest BCUT2D eigenvalue weighted by Crippen LogP contribution is -2.16. The van der Waals surface area contributed by atoms with E-state index >= 15 is 0 Å². The second kappa shape index (κ2) is 13.2. The molecule has 2 heteroatoms. The van der Waals surface area contributed by atoms with E-state index in [2.05, 4.69) is 188 Å². The summed E-state index contributed by atoms with van der Waals surface area (Å²) in [6.45, 7) is 22.8. The van der Waals surface area contributed by atoms with Crippen LogP contribution in [-0.2, 0) is 0 Å². The van der Waals surface area contributed by atoms with Gasteiger partial charge in [0, 0.05) is 22.7 Å². The highest BCUT2D eigenvalue weighted by Gasteiger charge is 2.27. The molecule has 6 aromatic rings. The molecule has 242 valence electrons. The molecule has 0 aliphatic rings. The van der Waals surface area contributed by atoms with Gasteiger partial charge < -0.3 is 9.80 Å². The first kappa shape index (κ1) is 32.8. The van der Waals surface area contributed by atoms with Crippen molar-refractivity contribution in [1.82, 2.24) is 0 Å². The van der Waals surface area contributed by atoms with Gasteiger partial charge in [0.2, 0.25) is 0 Å². The van der Waals surface area contributed by atoms with Crippen LogP contribution in [0.1, 0.15) is 55.6 Å². The number of hydrogen-bond acceptors (Lipinski definition) is 2. The lowest BCUT2D eigenvalue weighted by Gasteiger charge is -2.34. The van der Waals surface area contributed by atoms with Crippen LogP contribution in [0.4, 0.5) is 34.1 Å². The quantitative estimate of drug-likeness (QED) is 0.174. The summed E-state index contributed by atoms with van der Waals surface area (Å²) in [5, 5.41) is 0. The van der Waals surface area contributed by atoms with Gasteiger partial charge in [-0.05, 0) is 173 Å². The van der Waals surface area contributed by atoms with Crippen LogP contribution < -0.4 is 9.80 Å². The van der Waals surface area contributed by atoms with Crippen molar-refractivity contribution in [3.63, 3.8) is 0 Å². The topological polar surface area (TPSA) is 6.48 Å². The van der Waals surface area contributed by atoms with Gasteiger partial charge in [-0.2, -0.15) is 0 Å². The van der Waals surface area contributed by atoms with E-state index in [4.69, 9.17) is 0 Å². The van der Waals surface area contributed by atoms with Crippen LogP contribution in [0.2, 0.25) is 0 Å². The summed E-state index contributed by atoms with van der Waals surface area (Å²) in [7, 11) is 0. The highest BCUT2D eigenvalue weighted by atomic mass is 15.2. The Bertz CT molecular complexity index is 1880. The second-order valence-corrected chi connectivity index (χ2v) is 13.5. The Morgan fingerprint density at radius 1 is 0.271 bits per heavy atom. The van der Waals surface area contributed by atoms with Crippen molar-refractivity contribution in [3.8, 4) is 11.1 Å². The maximum atomic E-state index is 2.44. The zero-order chi connectivity index (χ0) is 34.3. The normalized spacial score (nSPS) is 11.1. The molecule has 0 aliphatic heterocycles. The summed E-state index contributed by atoms with van der Waals surface area (Å²) in [5.41, 5.74) is 23.0. The van der Waals surface area contributed by atoms with E-state index in [0.717, 1.165) is 0 Å². The number of aryl methyl sites for hydroxylation is 2. The molecule has 0 aliphatic carbocycles. The molecule has 48 heavy (non-hydrogen) atoms. The highest BCUT2D eigenvalue weighted by molar-refractivity contribution is 5.91. The van der Waals surface area contributed by atoms with Gasteiger partial charge >= 0.3 is 0 Å². The number of benzene rings is 6. The first-order valence-corrected chi connectivity index (χ1v) is 17.1. The van der Waals surface area contributed by atoms with Gasteiger partial charge in [0.1, 0.15) is 0 Å². The molecule has 0 atom stereocenters. The van der Waals surface area contributed by atoms with Crippen LogP contribution in [0.5, 0.6) is 0 Å². The predicted molar refractivity (Wildman–Crippen MR) is 209 cm³/mol. The van der Waals surface area contributed by atoms with Crippen LogP contribution in [-0.4, -0.2) is 0 Å². The summed E-state index contributed by atoms with van der Waals surface area (Å²) in [5.74, 6) is 0. The number of hydrogen-bond donors (Lipinski definition) is 0. The molecule has 6 aromatic carbocycles. The summed E-state index contributed by atoms with van der Waals surface area (Å²) in [6.07, 6.45) is 0. The molecule has 0 spiro atoms. The van der Waals surface area contributed by atoms with E-state index in [1.54, 1.807) is 0 Å². The molecule has 0 heterocycles. The van der Waals surface area contributed by atoms with Crippen LogP contribution in [0, 0.1) is 69.2 Å². The Hall–Kier alpha value is -5.08. The van der Waals surface area contributed by atoms with Gasteiger partial charge in [0.25, 0.3) is 0 Å². The molecule has 0 saturated carbocycles. The number of nitrogens with zero attached hydrogens (tertiary/aromatic N) is 2. The molecule has 0 unspecified atom stereocenters.